The molecule has 0 fully saturated rings. The van der Waals surface area contributed by atoms with Crippen molar-refractivity contribution >= 4 is 41.8 Å². The number of nitrogens with two attached hydrogens (primary N) is 1. The molecule has 0 aliphatic rings. The van der Waals surface area contributed by atoms with Crippen LogP contribution in [0.25, 0.3) is 11.3 Å². The number of halogens is 2. The number of nitrogens with one attached hydrogen (secondary N) is 1. The van der Waals surface area contributed by atoms with E-state index in [1.165, 1.54) is 36.4 Å². The van der Waals surface area contributed by atoms with Crippen LogP contribution in [0.1, 0.15) is 20.7 Å². The van der Waals surface area contributed by atoms with Gasteiger partial charge in [-0.15, -0.1) is 12.4 Å². The highest BCUT2D eigenvalue weighted by Crippen LogP contribution is 2.29. The fraction of sp³-hybridized carbons (Fsp3) is 0. The van der Waals surface area contributed by atoms with Crippen molar-refractivity contribution in [3.8, 4) is 11.3 Å². The Hall–Kier alpha value is -3.72. The molecule has 0 spiro atoms. The molecule has 0 aliphatic carbocycles. The smallest absolute Gasteiger partial charge is 0.336 e. The van der Waals surface area contributed by atoms with Gasteiger partial charge in [-0.1, -0.05) is 24.3 Å². The van der Waals surface area contributed by atoms with E-state index in [0.29, 0.717) is 5.69 Å². The van der Waals surface area contributed by atoms with Crippen molar-refractivity contribution in [2.75, 3.05) is 11.1 Å². The molecule has 1 aromatic heterocycles. The summed E-state index contributed by atoms with van der Waals surface area (Å²) >= 11 is 0. The summed E-state index contributed by atoms with van der Waals surface area (Å²) in [5.74, 6) is -3.89. The highest BCUT2D eigenvalue weighted by Gasteiger charge is 2.19. The lowest BCUT2D eigenvalue weighted by molar-refractivity contribution is 0.0686. The first-order chi connectivity index (χ1) is 12.9. The van der Waals surface area contributed by atoms with Gasteiger partial charge in [0.05, 0.1) is 11.1 Å². The number of carboxylic acid groups (broad SMARTS) is 2. The molecule has 0 aliphatic heterocycles. The molecule has 0 saturated heterocycles. The number of nitrogens with zero attached hydrogens (tertiary/aromatic N) is 2. The molecule has 0 amide bonds. The first-order valence-electron chi connectivity index (χ1n) is 7.63. The van der Waals surface area contributed by atoms with E-state index in [9.17, 15) is 19.1 Å². The van der Waals surface area contributed by atoms with E-state index in [1.54, 1.807) is 12.1 Å². The van der Waals surface area contributed by atoms with Crippen LogP contribution in [-0.4, -0.2) is 32.1 Å². The number of rotatable bonds is 5. The Labute approximate surface area is 164 Å². The molecule has 144 valence electrons. The van der Waals surface area contributed by atoms with Gasteiger partial charge in [-0.05, 0) is 24.3 Å². The average Bonchev–Trinajstić information content (AvgIpc) is 2.64. The molecule has 0 saturated carbocycles. The lowest BCUT2D eigenvalue weighted by Crippen LogP contribution is -2.08. The summed E-state index contributed by atoms with van der Waals surface area (Å²) in [4.78, 5) is 30.3. The SMILES string of the molecule is Cl.Nc1nc(Nc2cccc(C(=O)O)c2)nc(-c2ccccc2C(=O)O)c1F. The Balaban J connectivity index is 0.00000280. The molecule has 5 N–H and O–H groups in total. The van der Waals surface area contributed by atoms with Gasteiger partial charge in [0.25, 0.3) is 0 Å². The van der Waals surface area contributed by atoms with Crippen LogP contribution in [0.5, 0.6) is 0 Å². The molecular weight excluding hydrogens is 391 g/mol. The number of carbonyl (C=O) groups is 2. The van der Waals surface area contributed by atoms with Crippen LogP contribution in [-0.2, 0) is 0 Å². The highest BCUT2D eigenvalue weighted by atomic mass is 35.5. The Kier molecular flexibility index (Phi) is 6.11. The lowest BCUT2D eigenvalue weighted by Gasteiger charge is -2.11. The molecule has 10 heteroatoms. The van der Waals surface area contributed by atoms with Gasteiger partial charge in [0.15, 0.2) is 11.6 Å². The zero-order valence-corrected chi connectivity index (χ0v) is 14.9. The molecule has 0 unspecified atom stereocenters. The average molecular weight is 405 g/mol. The third kappa shape index (κ3) is 4.15. The number of carboxylic acids is 2. The number of benzene rings is 2. The van der Waals surface area contributed by atoms with Gasteiger partial charge >= 0.3 is 11.9 Å². The summed E-state index contributed by atoms with van der Waals surface area (Å²) < 4.78 is 14.5. The minimum atomic E-state index is -1.24. The Morgan fingerprint density at radius 2 is 1.71 bits per heavy atom. The summed E-state index contributed by atoms with van der Waals surface area (Å²) in [6.07, 6.45) is 0. The molecule has 0 atom stereocenters. The number of anilines is 3. The monoisotopic (exact) mass is 404 g/mol. The van der Waals surface area contributed by atoms with Crippen molar-refractivity contribution in [3.05, 3.63) is 65.5 Å². The van der Waals surface area contributed by atoms with Crippen LogP contribution < -0.4 is 11.1 Å². The van der Waals surface area contributed by atoms with Crippen LogP contribution in [0.4, 0.5) is 21.8 Å². The van der Waals surface area contributed by atoms with E-state index < -0.39 is 23.6 Å². The zero-order chi connectivity index (χ0) is 19.6. The van der Waals surface area contributed by atoms with Gasteiger partial charge in [-0.25, -0.2) is 19.0 Å². The van der Waals surface area contributed by atoms with Crippen LogP contribution in [0.3, 0.4) is 0 Å². The van der Waals surface area contributed by atoms with E-state index in [4.69, 9.17) is 10.8 Å². The van der Waals surface area contributed by atoms with E-state index in [2.05, 4.69) is 15.3 Å². The molecule has 8 nitrogen and oxygen atoms in total. The fourth-order valence-electron chi connectivity index (χ4n) is 2.43. The first-order valence-corrected chi connectivity index (χ1v) is 7.63. The minimum absolute atomic E-state index is 0. The zero-order valence-electron chi connectivity index (χ0n) is 14.1. The summed E-state index contributed by atoms with van der Waals surface area (Å²) in [5, 5.41) is 21.1. The van der Waals surface area contributed by atoms with Gasteiger partial charge in [-0.3, -0.25) is 0 Å². The van der Waals surface area contributed by atoms with Gasteiger partial charge in [0.2, 0.25) is 5.95 Å². The van der Waals surface area contributed by atoms with Crippen molar-refractivity contribution in [1.29, 1.82) is 0 Å². The summed E-state index contributed by atoms with van der Waals surface area (Å²) in [5.41, 5.74) is 5.60. The molecule has 2 aromatic carbocycles. The van der Waals surface area contributed by atoms with Gasteiger partial charge in [0.1, 0.15) is 5.69 Å². The number of hydrogen-bond acceptors (Lipinski definition) is 6. The van der Waals surface area contributed by atoms with Gasteiger partial charge in [0, 0.05) is 11.3 Å². The standard InChI is InChI=1S/C18H13FN4O4.ClH/c19-13-14(11-6-1-2-7-12(11)17(26)27)22-18(23-15(13)20)21-10-5-3-4-9(8-10)16(24)25;/h1-8H,(H,24,25)(H,26,27)(H3,20,21,22,23);1H. The molecule has 3 aromatic rings. The normalized spacial score (nSPS) is 10.0. The number of nitrogen functional groups attached to an aromatic ring is 1. The van der Waals surface area contributed by atoms with Crippen molar-refractivity contribution in [2.24, 2.45) is 0 Å². The number of aromatic nitrogens is 2. The molecule has 0 radical (unpaired) electrons. The van der Waals surface area contributed by atoms with E-state index in [-0.39, 0.29) is 40.7 Å². The summed E-state index contributed by atoms with van der Waals surface area (Å²) in [6.45, 7) is 0. The second-order valence-electron chi connectivity index (χ2n) is 5.46. The van der Waals surface area contributed by atoms with Crippen LogP contribution in [0, 0.1) is 5.82 Å². The molecule has 3 rings (SSSR count). The van der Waals surface area contributed by atoms with Crippen LogP contribution in [0.2, 0.25) is 0 Å². The van der Waals surface area contributed by atoms with E-state index in [1.807, 2.05) is 0 Å². The molecule has 1 heterocycles. The van der Waals surface area contributed by atoms with Crippen molar-refractivity contribution < 1.29 is 24.2 Å². The van der Waals surface area contributed by atoms with Crippen molar-refractivity contribution in [2.45, 2.75) is 0 Å². The lowest BCUT2D eigenvalue weighted by atomic mass is 10.0. The maximum Gasteiger partial charge on any atom is 0.336 e. The molecular formula is C18H14ClFN4O4. The second-order valence-corrected chi connectivity index (χ2v) is 5.46. The van der Waals surface area contributed by atoms with Crippen molar-refractivity contribution in [3.63, 3.8) is 0 Å². The summed E-state index contributed by atoms with van der Waals surface area (Å²) in [6, 6.07) is 11.6. The van der Waals surface area contributed by atoms with Gasteiger partial charge in [-0.2, -0.15) is 4.98 Å². The largest absolute Gasteiger partial charge is 0.478 e. The predicted octanol–water partition coefficient (Wildman–Crippen LogP) is 3.43. The fourth-order valence-corrected chi connectivity index (χ4v) is 2.43. The van der Waals surface area contributed by atoms with E-state index >= 15 is 0 Å². The maximum absolute atomic E-state index is 14.5. The van der Waals surface area contributed by atoms with Gasteiger partial charge < -0.3 is 21.3 Å². The minimum Gasteiger partial charge on any atom is -0.478 e. The quantitative estimate of drug-likeness (QED) is 0.507. The van der Waals surface area contributed by atoms with Crippen LogP contribution in [0.15, 0.2) is 48.5 Å². The number of hydrogen-bond donors (Lipinski definition) is 4. The highest BCUT2D eigenvalue weighted by molar-refractivity contribution is 5.95. The third-order valence-electron chi connectivity index (χ3n) is 3.66. The first kappa shape index (κ1) is 20.6. The maximum atomic E-state index is 14.5. The molecule has 0 bridgehead atoms. The summed E-state index contributed by atoms with van der Waals surface area (Å²) in [7, 11) is 0. The topological polar surface area (TPSA) is 138 Å². The second kappa shape index (κ2) is 8.31. The Bertz CT molecular complexity index is 1060. The molecule has 28 heavy (non-hydrogen) atoms. The number of aromatic carboxylic acids is 2. The van der Waals surface area contributed by atoms with Crippen molar-refractivity contribution in [1.82, 2.24) is 9.97 Å². The predicted molar refractivity (Wildman–Crippen MR) is 103 cm³/mol. The van der Waals surface area contributed by atoms with Crippen LogP contribution >= 0.6 is 12.4 Å². The van der Waals surface area contributed by atoms with E-state index in [0.717, 1.165) is 0 Å². The third-order valence-corrected chi connectivity index (χ3v) is 3.66. The Morgan fingerprint density at radius 1 is 1.00 bits per heavy atom. The Morgan fingerprint density at radius 3 is 2.39 bits per heavy atom.